The molecule has 6 aromatic rings. The van der Waals surface area contributed by atoms with Crippen molar-refractivity contribution < 1.29 is 23.3 Å². The minimum absolute atomic E-state index is 0.182. The number of benzene rings is 3. The summed E-state index contributed by atoms with van der Waals surface area (Å²) in [5.74, 6) is 0.0781. The monoisotopic (exact) mass is 1010 g/mol. The van der Waals surface area contributed by atoms with Gasteiger partial charge in [-0.25, -0.2) is 14.5 Å². The lowest BCUT2D eigenvalue weighted by atomic mass is 9.99. The first-order valence-corrected chi connectivity index (χ1v) is 26.7. The van der Waals surface area contributed by atoms with Crippen molar-refractivity contribution in [3.05, 3.63) is 91.4 Å². The molecule has 0 bridgehead atoms. The number of rotatable bonds is 14. The van der Waals surface area contributed by atoms with Crippen molar-refractivity contribution in [3.8, 4) is 5.75 Å². The van der Waals surface area contributed by atoms with Crippen LogP contribution in [0.1, 0.15) is 56.7 Å². The van der Waals surface area contributed by atoms with Gasteiger partial charge < -0.3 is 34.2 Å². The van der Waals surface area contributed by atoms with E-state index in [-0.39, 0.29) is 24.3 Å². The van der Waals surface area contributed by atoms with E-state index < -0.39 is 24.8 Å². The number of amides is 2. The quantitative estimate of drug-likeness (QED) is 0.0848. The molecule has 3 aliphatic heterocycles. The fraction of sp³-hybridized carbons (Fsp3) is 0.438. The zero-order chi connectivity index (χ0) is 47.9. The number of fused-ring (bicyclic) bond motifs is 2. The third-order valence-electron chi connectivity index (χ3n) is 13.5. The van der Waals surface area contributed by atoms with E-state index in [1.807, 2.05) is 19.1 Å². The maximum atomic E-state index is 13.7. The van der Waals surface area contributed by atoms with Crippen molar-refractivity contribution >= 4 is 90.9 Å². The molecule has 3 saturated heterocycles. The molecule has 1 atom stereocenters. The van der Waals surface area contributed by atoms with Crippen LogP contribution in [0, 0.1) is 0 Å². The summed E-state index contributed by atoms with van der Waals surface area (Å²) in [6, 6.07) is 13.1. The number of carbonyl (C=O) groups excluding carboxylic acids is 2. The average Bonchev–Trinajstić information content (AvgIpc) is 3.67. The first kappa shape index (κ1) is 47.2. The molecule has 20 heteroatoms. The predicted octanol–water partition coefficient (Wildman–Crippen LogP) is 5.99. The standard InChI is InChI=1S/C48H57BrN11O7P/c1-6-29-25-36(53-47-50-28-34(49)44(55-47)52-35-12-11-32-33(43(35)68(4,5)65)27-51-59(7-2)46(32)63)40(66-3)26-39(29)58-19-16-31(17-20-58)57-23-21-56(22-24-57)18-15-30-9-8-10-37-42(30)67-48(64)60(37)38-13-14-41(61)54-45(38)62/h8-12,25-28,31,38H,6-7,13-24H2,1-5H3,(H,54,61,62)(H2,50,52,53,55). The Kier molecular flexibility index (Phi) is 13.6. The number of hydrogen-bond donors (Lipinski definition) is 3. The molecule has 18 nitrogen and oxygen atoms in total. The Labute approximate surface area is 401 Å². The van der Waals surface area contributed by atoms with Crippen molar-refractivity contribution in [1.29, 1.82) is 0 Å². The number of hydrogen-bond acceptors (Lipinski definition) is 15. The van der Waals surface area contributed by atoms with Gasteiger partial charge in [0.25, 0.3) is 5.56 Å². The number of nitrogens with one attached hydrogen (secondary N) is 3. The van der Waals surface area contributed by atoms with Crippen LogP contribution in [0.4, 0.5) is 28.8 Å². The van der Waals surface area contributed by atoms with Crippen molar-refractivity contribution in [3.63, 3.8) is 0 Å². The molecule has 0 aliphatic carbocycles. The van der Waals surface area contributed by atoms with Gasteiger partial charge in [-0.3, -0.25) is 29.2 Å². The molecule has 358 valence electrons. The van der Waals surface area contributed by atoms with E-state index in [0.717, 1.165) is 82.0 Å². The number of aryl methyl sites for hydroxylation is 2. The molecule has 0 spiro atoms. The molecule has 3 N–H and O–H groups in total. The molecule has 0 saturated carbocycles. The van der Waals surface area contributed by atoms with Gasteiger partial charge in [-0.05, 0) is 104 Å². The maximum absolute atomic E-state index is 13.7. The fourth-order valence-electron chi connectivity index (χ4n) is 10.0. The van der Waals surface area contributed by atoms with Gasteiger partial charge in [-0.1, -0.05) is 19.1 Å². The Bertz CT molecular complexity index is 3080. The van der Waals surface area contributed by atoms with E-state index in [1.54, 1.807) is 51.0 Å². The van der Waals surface area contributed by atoms with Crippen LogP contribution in [0.25, 0.3) is 21.9 Å². The number of imide groups is 1. The van der Waals surface area contributed by atoms with Gasteiger partial charge in [0, 0.05) is 93.5 Å². The SMILES string of the molecule is CCc1cc(Nc2ncc(Br)c(Nc3ccc4c(=O)n(CC)ncc4c3P(C)(C)=O)n2)c(OC)cc1N1CCC(N2CCN(CCc3cccc4c3oc(=O)n4C3CCC(=O)NC3=O)CC2)CC1. The van der Waals surface area contributed by atoms with Gasteiger partial charge in [-0.2, -0.15) is 10.1 Å². The number of piperazine rings is 1. The lowest BCUT2D eigenvalue weighted by Crippen LogP contribution is -2.53. The topological polar surface area (TPSA) is 202 Å². The first-order chi connectivity index (χ1) is 32.7. The number of methoxy groups -OCH3 is 1. The van der Waals surface area contributed by atoms with Gasteiger partial charge in [0.1, 0.15) is 24.8 Å². The summed E-state index contributed by atoms with van der Waals surface area (Å²) < 4.78 is 28.8. The zero-order valence-corrected chi connectivity index (χ0v) is 41.5. The van der Waals surface area contributed by atoms with E-state index in [1.165, 1.54) is 14.8 Å². The number of carbonyl (C=O) groups is 2. The van der Waals surface area contributed by atoms with Crippen molar-refractivity contribution in [2.24, 2.45) is 0 Å². The maximum Gasteiger partial charge on any atom is 0.420 e. The van der Waals surface area contributed by atoms with E-state index in [0.29, 0.717) is 73.9 Å². The highest BCUT2D eigenvalue weighted by Crippen LogP contribution is 2.42. The third kappa shape index (κ3) is 9.45. The lowest BCUT2D eigenvalue weighted by Gasteiger charge is -2.43. The Balaban J connectivity index is 0.821. The van der Waals surface area contributed by atoms with E-state index >= 15 is 0 Å². The van der Waals surface area contributed by atoms with Crippen LogP contribution < -0.4 is 42.2 Å². The molecular formula is C48H57BrN11O7P. The average molecular weight is 1010 g/mol. The highest BCUT2D eigenvalue weighted by molar-refractivity contribution is 9.10. The molecule has 3 aliphatic rings. The summed E-state index contributed by atoms with van der Waals surface area (Å²) in [6.45, 7) is 14.4. The van der Waals surface area contributed by atoms with Crippen LogP contribution in [-0.4, -0.2) is 118 Å². The number of oxazole rings is 1. The number of aromatic nitrogens is 5. The molecule has 0 radical (unpaired) electrons. The van der Waals surface area contributed by atoms with Crippen molar-refractivity contribution in [2.75, 3.05) is 81.8 Å². The van der Waals surface area contributed by atoms with Crippen LogP contribution in [0.2, 0.25) is 0 Å². The molecule has 6 heterocycles. The Morgan fingerprint density at radius 3 is 2.40 bits per heavy atom. The Hall–Kier alpha value is -5.88. The summed E-state index contributed by atoms with van der Waals surface area (Å²) in [4.78, 5) is 67.3. The second kappa shape index (κ2) is 19.6. The molecule has 3 aromatic carbocycles. The highest BCUT2D eigenvalue weighted by atomic mass is 79.9. The Morgan fingerprint density at radius 1 is 0.912 bits per heavy atom. The third-order valence-corrected chi connectivity index (χ3v) is 15.7. The molecule has 2 amide bonds. The van der Waals surface area contributed by atoms with Crippen LogP contribution in [0.3, 0.4) is 0 Å². The number of anilines is 5. The fourth-order valence-corrected chi connectivity index (χ4v) is 11.8. The summed E-state index contributed by atoms with van der Waals surface area (Å²) >= 11 is 3.59. The molecular weight excluding hydrogens is 953 g/mol. The van der Waals surface area contributed by atoms with Gasteiger partial charge in [0.2, 0.25) is 17.8 Å². The van der Waals surface area contributed by atoms with Crippen LogP contribution in [-0.2, 0) is 33.5 Å². The largest absolute Gasteiger partial charge is 0.494 e. The first-order valence-electron chi connectivity index (χ1n) is 23.3. The lowest BCUT2D eigenvalue weighted by molar-refractivity contribution is -0.135. The van der Waals surface area contributed by atoms with Gasteiger partial charge in [-0.15, -0.1) is 0 Å². The van der Waals surface area contributed by atoms with Crippen LogP contribution in [0.5, 0.6) is 5.75 Å². The number of nitrogens with zero attached hydrogens (tertiary/aromatic N) is 8. The van der Waals surface area contributed by atoms with E-state index in [4.69, 9.17) is 14.1 Å². The molecule has 3 aromatic heterocycles. The van der Waals surface area contributed by atoms with Gasteiger partial charge in [0.15, 0.2) is 5.58 Å². The van der Waals surface area contributed by atoms with Crippen molar-refractivity contribution in [1.82, 2.24) is 39.4 Å². The summed E-state index contributed by atoms with van der Waals surface area (Å²) in [5, 5.41) is 14.9. The van der Waals surface area contributed by atoms with Gasteiger partial charge >= 0.3 is 5.76 Å². The molecule has 3 fully saturated rings. The van der Waals surface area contributed by atoms with E-state index in [2.05, 4.69) is 75.7 Å². The van der Waals surface area contributed by atoms with Crippen LogP contribution in [0.15, 0.2) is 73.3 Å². The number of halogens is 1. The number of para-hydroxylation sites is 1. The molecule has 68 heavy (non-hydrogen) atoms. The minimum atomic E-state index is -2.91. The van der Waals surface area contributed by atoms with E-state index in [9.17, 15) is 23.7 Å². The second-order valence-electron chi connectivity index (χ2n) is 18.0. The summed E-state index contributed by atoms with van der Waals surface area (Å²) in [7, 11) is -1.25. The zero-order valence-electron chi connectivity index (χ0n) is 39.0. The second-order valence-corrected chi connectivity index (χ2v) is 22.0. The normalized spacial score (nSPS) is 17.8. The smallest absolute Gasteiger partial charge is 0.420 e. The summed E-state index contributed by atoms with van der Waals surface area (Å²) in [6.07, 6.45) is 7.34. The summed E-state index contributed by atoms with van der Waals surface area (Å²) in [5.41, 5.74) is 5.42. The molecule has 1 unspecified atom stereocenters. The number of ether oxygens (including phenoxy) is 1. The van der Waals surface area contributed by atoms with Crippen LogP contribution >= 0.6 is 23.1 Å². The molecule has 9 rings (SSSR count). The highest BCUT2D eigenvalue weighted by Gasteiger charge is 2.33. The van der Waals surface area contributed by atoms with Crippen molar-refractivity contribution in [2.45, 2.75) is 71.0 Å². The Morgan fingerprint density at radius 2 is 1.69 bits per heavy atom. The minimum Gasteiger partial charge on any atom is -0.494 e. The number of piperidine rings is 2. The van der Waals surface area contributed by atoms with Gasteiger partial charge in [0.05, 0.1) is 40.1 Å². The predicted molar refractivity (Wildman–Crippen MR) is 268 cm³/mol.